The van der Waals surface area contributed by atoms with Gasteiger partial charge in [-0.15, -0.1) is 0 Å². The molecule has 13 heavy (non-hydrogen) atoms. The molecule has 0 spiro atoms. The predicted octanol–water partition coefficient (Wildman–Crippen LogP) is 2.42. The van der Waals surface area contributed by atoms with Gasteiger partial charge in [-0.3, -0.25) is 4.79 Å². The number of amides is 1. The van der Waals surface area contributed by atoms with Crippen molar-refractivity contribution in [1.29, 1.82) is 0 Å². The van der Waals surface area contributed by atoms with E-state index in [-0.39, 0.29) is 5.56 Å². The fourth-order valence-corrected chi connectivity index (χ4v) is 0.728. The molecule has 0 fully saturated rings. The second kappa shape index (κ2) is 3.64. The van der Waals surface area contributed by atoms with Crippen molar-refractivity contribution < 1.29 is 13.6 Å². The molecule has 1 amide bonds. The van der Waals surface area contributed by atoms with Crippen molar-refractivity contribution in [2.24, 2.45) is 5.11 Å². The summed E-state index contributed by atoms with van der Waals surface area (Å²) in [5, 5.41) is 2.72. The first-order valence-corrected chi connectivity index (χ1v) is 3.19. The van der Waals surface area contributed by atoms with Crippen molar-refractivity contribution in [2.45, 2.75) is 0 Å². The van der Waals surface area contributed by atoms with Gasteiger partial charge in [-0.1, -0.05) is 0 Å². The number of benzene rings is 1. The van der Waals surface area contributed by atoms with Crippen LogP contribution in [-0.4, -0.2) is 5.91 Å². The summed E-state index contributed by atoms with van der Waals surface area (Å²) in [4.78, 5) is 13.0. The summed E-state index contributed by atoms with van der Waals surface area (Å²) in [6.45, 7) is 0. The molecule has 0 saturated carbocycles. The van der Waals surface area contributed by atoms with Gasteiger partial charge in [-0.25, -0.2) is 8.78 Å². The molecule has 4 nitrogen and oxygen atoms in total. The molecular formula is C7H3F2N3O. The second-order valence-corrected chi connectivity index (χ2v) is 2.12. The number of carbonyl (C=O) groups is 1. The van der Waals surface area contributed by atoms with Crippen molar-refractivity contribution in [3.05, 3.63) is 45.8 Å². The molecule has 0 atom stereocenters. The van der Waals surface area contributed by atoms with E-state index in [0.29, 0.717) is 6.07 Å². The van der Waals surface area contributed by atoms with E-state index in [0.717, 1.165) is 12.1 Å². The molecule has 0 aliphatic heterocycles. The van der Waals surface area contributed by atoms with Crippen LogP contribution >= 0.6 is 0 Å². The van der Waals surface area contributed by atoms with Crippen molar-refractivity contribution in [3.63, 3.8) is 0 Å². The van der Waals surface area contributed by atoms with Crippen LogP contribution in [0.5, 0.6) is 0 Å². The molecule has 1 rings (SSSR count). The molecule has 6 heteroatoms. The molecule has 0 aromatic heterocycles. The Balaban J connectivity index is 3.10. The Morgan fingerprint density at radius 3 is 2.62 bits per heavy atom. The molecule has 0 heterocycles. The van der Waals surface area contributed by atoms with Gasteiger partial charge in [0.05, 0.1) is 0 Å². The summed E-state index contributed by atoms with van der Waals surface area (Å²) in [6, 6.07) is 2.50. The zero-order chi connectivity index (χ0) is 9.84. The Bertz CT molecular complexity index is 399. The molecule has 0 bridgehead atoms. The zero-order valence-corrected chi connectivity index (χ0v) is 6.24. The fraction of sp³-hybridized carbons (Fsp3) is 0. The second-order valence-electron chi connectivity index (χ2n) is 2.12. The highest BCUT2D eigenvalue weighted by Gasteiger charge is 2.07. The van der Waals surface area contributed by atoms with Gasteiger partial charge in [0.1, 0.15) is 0 Å². The van der Waals surface area contributed by atoms with E-state index >= 15 is 0 Å². The van der Waals surface area contributed by atoms with Gasteiger partial charge in [-0.05, 0) is 28.8 Å². The predicted molar refractivity (Wildman–Crippen MR) is 39.8 cm³/mol. The van der Waals surface area contributed by atoms with Gasteiger partial charge in [-0.2, -0.15) is 0 Å². The number of carbonyl (C=O) groups excluding carboxylic acids is 1. The topological polar surface area (TPSA) is 65.8 Å². The Morgan fingerprint density at radius 2 is 2.08 bits per heavy atom. The molecule has 66 valence electrons. The van der Waals surface area contributed by atoms with Gasteiger partial charge in [0.2, 0.25) is 5.91 Å². The van der Waals surface area contributed by atoms with Crippen LogP contribution in [-0.2, 0) is 0 Å². The quantitative estimate of drug-likeness (QED) is 0.374. The number of hydrogen-bond acceptors (Lipinski definition) is 1. The lowest BCUT2D eigenvalue weighted by atomic mass is 10.2. The number of rotatable bonds is 1. The monoisotopic (exact) mass is 183 g/mol. The van der Waals surface area contributed by atoms with Crippen LogP contribution in [0.3, 0.4) is 0 Å². The van der Waals surface area contributed by atoms with Gasteiger partial charge >= 0.3 is 0 Å². The lowest BCUT2D eigenvalue weighted by molar-refractivity contribution is 0.1000. The SMILES string of the molecule is [N-]=[N+]=NC(=O)c1ccc(F)c(F)c1. The maximum atomic E-state index is 12.5. The molecular weight excluding hydrogens is 180 g/mol. The van der Waals surface area contributed by atoms with Gasteiger partial charge in [0, 0.05) is 10.5 Å². The maximum absolute atomic E-state index is 12.5. The normalized spacial score (nSPS) is 9.08. The Morgan fingerprint density at radius 1 is 1.38 bits per heavy atom. The lowest BCUT2D eigenvalue weighted by Crippen LogP contribution is -1.95. The molecule has 0 radical (unpaired) electrons. The Kier molecular flexibility index (Phi) is 2.56. The molecule has 0 unspecified atom stereocenters. The molecule has 1 aromatic rings. The zero-order valence-electron chi connectivity index (χ0n) is 6.24. The van der Waals surface area contributed by atoms with Crippen molar-refractivity contribution in [3.8, 4) is 0 Å². The highest BCUT2D eigenvalue weighted by molar-refractivity contribution is 5.94. The third kappa shape index (κ3) is 2.00. The minimum absolute atomic E-state index is 0.184. The van der Waals surface area contributed by atoms with E-state index in [9.17, 15) is 13.6 Å². The number of hydrogen-bond donors (Lipinski definition) is 0. The standard InChI is InChI=1S/C7H3F2N3O/c8-5-2-1-4(3-6(5)9)7(13)11-12-10/h1-3H. The van der Waals surface area contributed by atoms with Gasteiger partial charge < -0.3 is 0 Å². The first-order chi connectivity index (χ1) is 6.15. The minimum Gasteiger partial charge on any atom is -0.287 e. The van der Waals surface area contributed by atoms with E-state index < -0.39 is 17.5 Å². The Labute approximate surface area is 71.4 Å². The first kappa shape index (κ1) is 9.15. The van der Waals surface area contributed by atoms with Crippen molar-refractivity contribution in [2.75, 3.05) is 0 Å². The van der Waals surface area contributed by atoms with E-state index in [2.05, 4.69) is 10.0 Å². The van der Waals surface area contributed by atoms with E-state index in [4.69, 9.17) is 5.53 Å². The average molecular weight is 183 g/mol. The van der Waals surface area contributed by atoms with Gasteiger partial charge in [0.25, 0.3) is 0 Å². The number of halogens is 2. The molecule has 1 aromatic carbocycles. The van der Waals surface area contributed by atoms with Gasteiger partial charge in [0.15, 0.2) is 11.6 Å². The van der Waals surface area contributed by atoms with Crippen LogP contribution in [0.15, 0.2) is 23.3 Å². The smallest absolute Gasteiger partial charge is 0.249 e. The van der Waals surface area contributed by atoms with E-state index in [1.54, 1.807) is 0 Å². The maximum Gasteiger partial charge on any atom is 0.249 e. The highest BCUT2D eigenvalue weighted by Crippen LogP contribution is 2.09. The summed E-state index contributed by atoms with van der Waals surface area (Å²) in [7, 11) is 0. The van der Waals surface area contributed by atoms with Crippen LogP contribution in [0.25, 0.3) is 10.4 Å². The van der Waals surface area contributed by atoms with Crippen molar-refractivity contribution >= 4 is 5.91 Å². The average Bonchev–Trinajstić information content (AvgIpc) is 2.10. The highest BCUT2D eigenvalue weighted by atomic mass is 19.2. The fourth-order valence-electron chi connectivity index (χ4n) is 0.728. The Hall–Kier alpha value is -1.94. The third-order valence-electron chi connectivity index (χ3n) is 1.30. The van der Waals surface area contributed by atoms with Crippen molar-refractivity contribution in [1.82, 2.24) is 0 Å². The summed E-state index contributed by atoms with van der Waals surface area (Å²) in [5.74, 6) is -3.15. The summed E-state index contributed by atoms with van der Waals surface area (Å²) < 4.78 is 24.9. The molecule has 0 aliphatic carbocycles. The largest absolute Gasteiger partial charge is 0.287 e. The van der Waals surface area contributed by atoms with Crippen LogP contribution in [0.4, 0.5) is 8.78 Å². The minimum atomic E-state index is -1.15. The van der Waals surface area contributed by atoms with Crippen LogP contribution < -0.4 is 0 Å². The number of nitrogens with zero attached hydrogens (tertiary/aromatic N) is 3. The summed E-state index contributed by atoms with van der Waals surface area (Å²) in [6.07, 6.45) is 0. The van der Waals surface area contributed by atoms with Crippen LogP contribution in [0, 0.1) is 11.6 Å². The van der Waals surface area contributed by atoms with E-state index in [1.165, 1.54) is 0 Å². The first-order valence-electron chi connectivity index (χ1n) is 3.19. The molecule has 0 N–H and O–H groups in total. The van der Waals surface area contributed by atoms with E-state index in [1.807, 2.05) is 0 Å². The number of azide groups is 1. The lowest BCUT2D eigenvalue weighted by Gasteiger charge is -1.95. The molecule has 0 saturated heterocycles. The summed E-state index contributed by atoms with van der Waals surface area (Å²) >= 11 is 0. The molecule has 0 aliphatic rings. The third-order valence-corrected chi connectivity index (χ3v) is 1.30. The van der Waals surface area contributed by atoms with Crippen LogP contribution in [0.2, 0.25) is 0 Å². The van der Waals surface area contributed by atoms with Crippen LogP contribution in [0.1, 0.15) is 10.4 Å². The summed E-state index contributed by atoms with van der Waals surface area (Å²) in [5.41, 5.74) is 7.71.